The molecule has 4 aromatic rings. The van der Waals surface area contributed by atoms with Gasteiger partial charge in [-0.1, -0.05) is 0 Å². The molecule has 2 fully saturated rings. The predicted octanol–water partition coefficient (Wildman–Crippen LogP) is 3.49. The number of piperidine rings is 1. The second-order valence-electron chi connectivity index (χ2n) is 11.7. The van der Waals surface area contributed by atoms with E-state index in [1.54, 1.807) is 18.3 Å². The zero-order valence-corrected chi connectivity index (χ0v) is 25.5. The van der Waals surface area contributed by atoms with Crippen molar-refractivity contribution in [3.63, 3.8) is 0 Å². The summed E-state index contributed by atoms with van der Waals surface area (Å²) in [6.07, 6.45) is 7.51. The largest absolute Gasteiger partial charge is 0.382 e. The lowest BCUT2D eigenvalue weighted by Crippen LogP contribution is -2.50. The molecule has 0 aromatic carbocycles. The first-order valence-corrected chi connectivity index (χ1v) is 15.1. The third-order valence-corrected chi connectivity index (χ3v) is 8.05. The fraction of sp³-hybridized carbons (Fsp3) is 0.344. The van der Waals surface area contributed by atoms with E-state index < -0.39 is 11.8 Å². The van der Waals surface area contributed by atoms with Crippen LogP contribution < -0.4 is 20.9 Å². The molecule has 2 aliphatic heterocycles. The molecule has 13 nitrogen and oxygen atoms in total. The third-order valence-electron chi connectivity index (χ3n) is 8.05. The third kappa shape index (κ3) is 6.50. The van der Waals surface area contributed by atoms with Gasteiger partial charge < -0.3 is 10.6 Å². The van der Waals surface area contributed by atoms with Gasteiger partial charge >= 0.3 is 6.03 Å². The Labute approximate surface area is 264 Å². The van der Waals surface area contributed by atoms with E-state index >= 15 is 0 Å². The van der Waals surface area contributed by atoms with Crippen molar-refractivity contribution < 1.29 is 18.8 Å². The van der Waals surface area contributed by atoms with Crippen LogP contribution in [0.5, 0.6) is 0 Å². The Morgan fingerprint density at radius 2 is 1.87 bits per heavy atom. The van der Waals surface area contributed by atoms with Crippen LogP contribution in [0.4, 0.5) is 20.7 Å². The summed E-state index contributed by atoms with van der Waals surface area (Å²) in [6, 6.07) is 8.52. The molecule has 6 heterocycles. The van der Waals surface area contributed by atoms with E-state index in [-0.39, 0.29) is 36.9 Å². The minimum absolute atomic E-state index is 0.0589. The SMILES string of the molecule is CC(C)Nc1cc(-n2ccc3cc(C#N)cnc32)ncc1C(=O)NC1CCN(Cc2cc(N3CCC(=O)NC3=O)ncc2F)CC1. The van der Waals surface area contributed by atoms with Gasteiger partial charge in [-0.05, 0) is 44.9 Å². The molecule has 2 saturated heterocycles. The van der Waals surface area contributed by atoms with Crippen LogP contribution in [0.1, 0.15) is 54.6 Å². The van der Waals surface area contributed by atoms with Crippen molar-refractivity contribution in [3.05, 3.63) is 71.6 Å². The number of imide groups is 1. The topological polar surface area (TPSA) is 161 Å². The number of rotatable bonds is 8. The van der Waals surface area contributed by atoms with Crippen LogP contribution in [0.2, 0.25) is 0 Å². The van der Waals surface area contributed by atoms with Gasteiger partial charge in [-0.15, -0.1) is 0 Å². The van der Waals surface area contributed by atoms with Gasteiger partial charge in [0, 0.05) is 80.3 Å². The number of aromatic nitrogens is 4. The number of carbonyl (C=O) groups excluding carboxylic acids is 3. The van der Waals surface area contributed by atoms with E-state index in [1.165, 1.54) is 11.1 Å². The number of nitrogens with one attached hydrogen (secondary N) is 3. The Morgan fingerprint density at radius 1 is 1.09 bits per heavy atom. The number of hydrogen-bond donors (Lipinski definition) is 3. The maximum atomic E-state index is 14.7. The van der Waals surface area contributed by atoms with Gasteiger partial charge in [0.05, 0.1) is 23.0 Å². The number of urea groups is 1. The van der Waals surface area contributed by atoms with Gasteiger partial charge in [0.2, 0.25) is 5.91 Å². The molecule has 0 bridgehead atoms. The highest BCUT2D eigenvalue weighted by Crippen LogP contribution is 2.25. The maximum Gasteiger partial charge on any atom is 0.329 e. The number of likely N-dealkylation sites (tertiary alicyclic amines) is 1. The number of anilines is 2. The monoisotopic (exact) mass is 624 g/mol. The fourth-order valence-corrected chi connectivity index (χ4v) is 5.72. The maximum absolute atomic E-state index is 14.7. The van der Waals surface area contributed by atoms with E-state index in [1.807, 2.05) is 36.7 Å². The van der Waals surface area contributed by atoms with Crippen LogP contribution in [-0.2, 0) is 11.3 Å². The van der Waals surface area contributed by atoms with Crippen molar-refractivity contribution in [2.24, 2.45) is 0 Å². The summed E-state index contributed by atoms with van der Waals surface area (Å²) in [6.45, 7) is 5.76. The normalized spacial score (nSPS) is 16.0. The number of pyridine rings is 3. The molecule has 0 aliphatic carbocycles. The lowest BCUT2D eigenvalue weighted by atomic mass is 10.0. The summed E-state index contributed by atoms with van der Waals surface area (Å²) >= 11 is 0. The first-order chi connectivity index (χ1) is 22.2. The summed E-state index contributed by atoms with van der Waals surface area (Å²) in [5, 5.41) is 18.8. The molecule has 0 radical (unpaired) electrons. The van der Waals surface area contributed by atoms with Crippen LogP contribution in [0.15, 0.2) is 49.1 Å². The smallest absolute Gasteiger partial charge is 0.329 e. The van der Waals surface area contributed by atoms with Gasteiger partial charge in [0.15, 0.2) is 0 Å². The second-order valence-corrected chi connectivity index (χ2v) is 11.7. The number of fused-ring (bicyclic) bond motifs is 1. The number of hydrogen-bond acceptors (Lipinski definition) is 9. The number of nitriles is 1. The van der Waals surface area contributed by atoms with Crippen LogP contribution >= 0.6 is 0 Å². The van der Waals surface area contributed by atoms with Crippen LogP contribution in [0.25, 0.3) is 16.9 Å². The molecular formula is C32H33FN10O3. The lowest BCUT2D eigenvalue weighted by molar-refractivity contribution is -0.120. The summed E-state index contributed by atoms with van der Waals surface area (Å²) in [7, 11) is 0. The number of nitrogens with zero attached hydrogens (tertiary/aromatic N) is 7. The van der Waals surface area contributed by atoms with Crippen molar-refractivity contribution >= 4 is 40.4 Å². The van der Waals surface area contributed by atoms with Gasteiger partial charge in [0.1, 0.15) is 29.2 Å². The average molecular weight is 625 g/mol. The van der Waals surface area contributed by atoms with Crippen molar-refractivity contribution in [1.82, 2.24) is 35.1 Å². The molecular weight excluding hydrogens is 591 g/mol. The van der Waals surface area contributed by atoms with Gasteiger partial charge in [-0.25, -0.2) is 24.1 Å². The van der Waals surface area contributed by atoms with Crippen molar-refractivity contribution in [3.8, 4) is 11.9 Å². The molecule has 0 unspecified atom stereocenters. The number of halogens is 1. The summed E-state index contributed by atoms with van der Waals surface area (Å²) in [5.74, 6) is -0.175. The lowest BCUT2D eigenvalue weighted by Gasteiger charge is -2.33. The van der Waals surface area contributed by atoms with E-state index in [4.69, 9.17) is 0 Å². The van der Waals surface area contributed by atoms with Gasteiger partial charge in [0.25, 0.3) is 5.91 Å². The highest BCUT2D eigenvalue weighted by molar-refractivity contribution is 6.05. The van der Waals surface area contributed by atoms with Crippen molar-refractivity contribution in [2.75, 3.05) is 29.9 Å². The highest BCUT2D eigenvalue weighted by Gasteiger charge is 2.27. The molecule has 14 heteroatoms. The summed E-state index contributed by atoms with van der Waals surface area (Å²) in [5.41, 5.74) is 2.60. The van der Waals surface area contributed by atoms with Crippen LogP contribution in [-0.4, -0.2) is 74.0 Å². The van der Waals surface area contributed by atoms with Crippen LogP contribution in [0, 0.1) is 17.1 Å². The van der Waals surface area contributed by atoms with Gasteiger partial charge in [-0.2, -0.15) is 5.26 Å². The molecule has 236 valence electrons. The van der Waals surface area contributed by atoms with E-state index in [2.05, 4.69) is 41.9 Å². The van der Waals surface area contributed by atoms with E-state index in [9.17, 15) is 24.0 Å². The molecule has 2 aliphatic rings. The van der Waals surface area contributed by atoms with E-state index in [0.29, 0.717) is 72.1 Å². The first-order valence-electron chi connectivity index (χ1n) is 15.1. The molecule has 6 rings (SSSR count). The minimum Gasteiger partial charge on any atom is -0.382 e. The Morgan fingerprint density at radius 3 is 2.61 bits per heavy atom. The minimum atomic E-state index is -0.570. The zero-order valence-electron chi connectivity index (χ0n) is 25.5. The Hall–Kier alpha value is -5.42. The van der Waals surface area contributed by atoms with Crippen LogP contribution in [0.3, 0.4) is 0 Å². The fourth-order valence-electron chi connectivity index (χ4n) is 5.72. The average Bonchev–Trinajstić information content (AvgIpc) is 3.46. The second kappa shape index (κ2) is 12.9. The molecule has 4 amide bonds. The summed E-state index contributed by atoms with van der Waals surface area (Å²) < 4.78 is 16.5. The van der Waals surface area contributed by atoms with Crippen molar-refractivity contribution in [1.29, 1.82) is 5.26 Å². The Kier molecular flexibility index (Phi) is 8.58. The van der Waals surface area contributed by atoms with E-state index in [0.717, 1.165) is 11.6 Å². The number of amides is 4. The predicted molar refractivity (Wildman–Crippen MR) is 168 cm³/mol. The standard InChI is InChI=1S/C32H33FN10O3/c1-19(2)38-26-13-28(42-9-3-21-11-20(14-34)15-37-30(21)42)35-16-24(26)31(45)39-23-4-7-41(8-5-23)18-22-12-27(36-17-25(22)33)43-10-6-29(44)40-32(43)46/h3,9,11-13,15-17,19,23H,4-8,10,18H2,1-2H3,(H,35,38)(H,39,45)(H,40,44,46). The molecule has 46 heavy (non-hydrogen) atoms. The van der Waals surface area contributed by atoms with Crippen molar-refractivity contribution in [2.45, 2.75) is 51.7 Å². The molecule has 0 saturated carbocycles. The zero-order chi connectivity index (χ0) is 32.4. The first kappa shape index (κ1) is 30.6. The Balaban J connectivity index is 1.10. The molecule has 3 N–H and O–H groups in total. The molecule has 0 spiro atoms. The number of carbonyl (C=O) groups is 3. The van der Waals surface area contributed by atoms with Gasteiger partial charge in [-0.3, -0.25) is 29.3 Å². The summed E-state index contributed by atoms with van der Waals surface area (Å²) in [4.78, 5) is 53.7. The Bertz CT molecular complexity index is 1860. The quantitative estimate of drug-likeness (QED) is 0.267. The molecule has 0 atom stereocenters. The highest BCUT2D eigenvalue weighted by atomic mass is 19.1. The molecule has 4 aromatic heterocycles.